The van der Waals surface area contributed by atoms with Gasteiger partial charge in [0.1, 0.15) is 11.4 Å². The summed E-state index contributed by atoms with van der Waals surface area (Å²) in [4.78, 5) is 37.5. The molecule has 0 radical (unpaired) electrons. The summed E-state index contributed by atoms with van der Waals surface area (Å²) in [5.74, 6) is 4.13. The fourth-order valence-electron chi connectivity index (χ4n) is 5.05. The standard InChI is InChI=1S/C32H32F2N6O2/c1-3-39-16-12-24(13-17-39)37-30-20-36-28-11-8-22(18-29(28)38-30)6-4-14-35-31(41)25-7-5-15-40(32(25)42)21(2)23-9-10-26(33)27(34)19-23/h5,7-11,15,18-21,24H,3,12-14,16-17H2,1-2H3,(H,35,41)(H,37,38)/t21-/m0/s1. The van der Waals surface area contributed by atoms with Gasteiger partial charge in [0.2, 0.25) is 0 Å². The molecule has 5 rings (SSSR count). The van der Waals surface area contributed by atoms with Crippen LogP contribution >= 0.6 is 0 Å². The van der Waals surface area contributed by atoms with E-state index in [1.165, 1.54) is 22.9 Å². The molecule has 8 nitrogen and oxygen atoms in total. The van der Waals surface area contributed by atoms with Crippen LogP contribution in [0.2, 0.25) is 0 Å². The van der Waals surface area contributed by atoms with Crippen molar-refractivity contribution in [1.82, 2.24) is 24.8 Å². The number of carbonyl (C=O) groups excluding carboxylic acids is 1. The highest BCUT2D eigenvalue weighted by Gasteiger charge is 2.19. The summed E-state index contributed by atoms with van der Waals surface area (Å²) < 4.78 is 28.4. The van der Waals surface area contributed by atoms with Crippen LogP contribution in [-0.4, -0.2) is 57.6 Å². The van der Waals surface area contributed by atoms with E-state index in [2.05, 4.69) is 39.3 Å². The molecule has 1 saturated heterocycles. The number of nitrogens with zero attached hydrogens (tertiary/aromatic N) is 4. The quantitative estimate of drug-likeness (QED) is 0.321. The first-order chi connectivity index (χ1) is 20.3. The molecular weight excluding hydrogens is 538 g/mol. The highest BCUT2D eigenvalue weighted by molar-refractivity contribution is 5.94. The average molecular weight is 571 g/mol. The highest BCUT2D eigenvalue weighted by atomic mass is 19.2. The van der Waals surface area contributed by atoms with Crippen molar-refractivity contribution >= 4 is 22.8 Å². The van der Waals surface area contributed by atoms with Gasteiger partial charge in [-0.05, 0) is 74.3 Å². The smallest absolute Gasteiger partial charge is 0.263 e. The number of anilines is 1. The largest absolute Gasteiger partial charge is 0.366 e. The lowest BCUT2D eigenvalue weighted by molar-refractivity contribution is 0.0956. The Balaban J connectivity index is 1.22. The summed E-state index contributed by atoms with van der Waals surface area (Å²) in [5, 5.41) is 6.16. The lowest BCUT2D eigenvalue weighted by Crippen LogP contribution is -2.39. The Bertz CT molecular complexity index is 1720. The molecule has 2 N–H and O–H groups in total. The molecule has 4 aromatic rings. The fourth-order valence-corrected chi connectivity index (χ4v) is 5.05. The molecule has 0 spiro atoms. The second-order valence-electron chi connectivity index (χ2n) is 10.3. The van der Waals surface area contributed by atoms with Gasteiger partial charge in [-0.1, -0.05) is 24.8 Å². The van der Waals surface area contributed by atoms with Crippen molar-refractivity contribution in [2.45, 2.75) is 38.8 Å². The zero-order chi connectivity index (χ0) is 29.6. The summed E-state index contributed by atoms with van der Waals surface area (Å²) in [6.45, 7) is 7.09. The first-order valence-corrected chi connectivity index (χ1v) is 14.0. The van der Waals surface area contributed by atoms with E-state index in [4.69, 9.17) is 4.98 Å². The predicted molar refractivity (Wildman–Crippen MR) is 158 cm³/mol. The minimum Gasteiger partial charge on any atom is -0.366 e. The topological polar surface area (TPSA) is 92.1 Å². The predicted octanol–water partition coefficient (Wildman–Crippen LogP) is 4.36. The Labute approximate surface area is 242 Å². The summed E-state index contributed by atoms with van der Waals surface area (Å²) in [7, 11) is 0. The normalized spacial score (nSPS) is 14.7. The van der Waals surface area contributed by atoms with E-state index in [1.807, 2.05) is 18.2 Å². The second-order valence-corrected chi connectivity index (χ2v) is 10.3. The van der Waals surface area contributed by atoms with Crippen molar-refractivity contribution in [3.05, 3.63) is 99.6 Å². The Morgan fingerprint density at radius 3 is 2.67 bits per heavy atom. The molecule has 0 saturated carbocycles. The number of halogens is 2. The van der Waals surface area contributed by atoms with E-state index in [-0.39, 0.29) is 12.1 Å². The van der Waals surface area contributed by atoms with E-state index in [9.17, 15) is 18.4 Å². The Hall–Kier alpha value is -4.62. The molecule has 1 aliphatic heterocycles. The molecule has 2 aromatic carbocycles. The number of nitrogens with one attached hydrogen (secondary N) is 2. The first-order valence-electron chi connectivity index (χ1n) is 14.0. The third kappa shape index (κ3) is 6.64. The number of aromatic nitrogens is 3. The molecule has 2 aromatic heterocycles. The molecule has 1 aliphatic rings. The van der Waals surface area contributed by atoms with Crippen molar-refractivity contribution < 1.29 is 13.6 Å². The van der Waals surface area contributed by atoms with E-state index >= 15 is 0 Å². The SMILES string of the molecule is CCN1CCC(Nc2cnc3ccc(C#CCNC(=O)c4cccn([C@@H](C)c5ccc(F)c(F)c5)c4=O)cc3n2)CC1. The minimum absolute atomic E-state index is 0.0215. The van der Waals surface area contributed by atoms with Crippen LogP contribution in [0.5, 0.6) is 0 Å². The fraction of sp³-hybridized carbons (Fsp3) is 0.312. The van der Waals surface area contributed by atoms with Gasteiger partial charge in [-0.3, -0.25) is 14.6 Å². The first kappa shape index (κ1) is 28.9. The number of fused-ring (bicyclic) bond motifs is 1. The van der Waals surface area contributed by atoms with Gasteiger partial charge in [0.05, 0.1) is 29.8 Å². The summed E-state index contributed by atoms with van der Waals surface area (Å²) in [6.07, 6.45) is 5.39. The number of carbonyl (C=O) groups is 1. The Morgan fingerprint density at radius 1 is 1.10 bits per heavy atom. The summed E-state index contributed by atoms with van der Waals surface area (Å²) in [5.41, 5.74) is 1.99. The van der Waals surface area contributed by atoms with Crippen molar-refractivity contribution in [1.29, 1.82) is 0 Å². The van der Waals surface area contributed by atoms with Gasteiger partial charge < -0.3 is 20.1 Å². The zero-order valence-corrected chi connectivity index (χ0v) is 23.5. The third-order valence-corrected chi connectivity index (χ3v) is 7.56. The zero-order valence-electron chi connectivity index (χ0n) is 23.5. The number of benzene rings is 2. The van der Waals surface area contributed by atoms with E-state index in [0.717, 1.165) is 67.0 Å². The van der Waals surface area contributed by atoms with Crippen LogP contribution in [0.1, 0.15) is 54.2 Å². The molecule has 216 valence electrons. The minimum atomic E-state index is -1.00. The summed E-state index contributed by atoms with van der Waals surface area (Å²) >= 11 is 0. The number of piperidine rings is 1. The molecule has 42 heavy (non-hydrogen) atoms. The average Bonchev–Trinajstić information content (AvgIpc) is 3.00. The molecule has 10 heteroatoms. The maximum atomic E-state index is 13.7. The lowest BCUT2D eigenvalue weighted by atomic mass is 10.1. The van der Waals surface area contributed by atoms with Gasteiger partial charge in [0.15, 0.2) is 11.6 Å². The molecule has 1 atom stereocenters. The van der Waals surface area contributed by atoms with Crippen LogP contribution < -0.4 is 16.2 Å². The van der Waals surface area contributed by atoms with Crippen molar-refractivity contribution in [3.63, 3.8) is 0 Å². The maximum Gasteiger partial charge on any atom is 0.263 e. The molecule has 1 fully saturated rings. The third-order valence-electron chi connectivity index (χ3n) is 7.56. The molecule has 0 unspecified atom stereocenters. The number of rotatable bonds is 7. The van der Waals surface area contributed by atoms with Gasteiger partial charge in [0, 0.05) is 30.9 Å². The van der Waals surface area contributed by atoms with Gasteiger partial charge in [0.25, 0.3) is 11.5 Å². The molecule has 0 aliphatic carbocycles. The van der Waals surface area contributed by atoms with Crippen LogP contribution in [0, 0.1) is 23.5 Å². The second kappa shape index (κ2) is 12.9. The molecule has 3 heterocycles. The van der Waals surface area contributed by atoms with E-state index in [0.29, 0.717) is 11.6 Å². The van der Waals surface area contributed by atoms with Crippen molar-refractivity contribution in [2.24, 2.45) is 0 Å². The lowest BCUT2D eigenvalue weighted by Gasteiger charge is -2.31. The van der Waals surface area contributed by atoms with E-state index < -0.39 is 29.1 Å². The number of pyridine rings is 1. The van der Waals surface area contributed by atoms with Gasteiger partial charge in [-0.25, -0.2) is 13.8 Å². The maximum absolute atomic E-state index is 13.7. The number of likely N-dealkylation sites (tertiary alicyclic amines) is 1. The summed E-state index contributed by atoms with van der Waals surface area (Å²) in [6, 6.07) is 11.8. The Morgan fingerprint density at radius 2 is 1.90 bits per heavy atom. The van der Waals surface area contributed by atoms with Gasteiger partial charge in [-0.15, -0.1) is 0 Å². The number of hydrogen-bond acceptors (Lipinski definition) is 6. The van der Waals surface area contributed by atoms with E-state index in [1.54, 1.807) is 19.2 Å². The monoisotopic (exact) mass is 570 g/mol. The van der Waals surface area contributed by atoms with Crippen LogP contribution in [0.4, 0.5) is 14.6 Å². The molecule has 0 bridgehead atoms. The molecular formula is C32H32F2N6O2. The van der Waals surface area contributed by atoms with Gasteiger partial charge >= 0.3 is 0 Å². The van der Waals surface area contributed by atoms with Crippen LogP contribution in [0.3, 0.4) is 0 Å². The van der Waals surface area contributed by atoms with Crippen molar-refractivity contribution in [3.8, 4) is 11.8 Å². The number of amides is 1. The Kier molecular flexibility index (Phi) is 8.88. The van der Waals surface area contributed by atoms with Crippen LogP contribution in [-0.2, 0) is 0 Å². The highest BCUT2D eigenvalue weighted by Crippen LogP contribution is 2.20. The van der Waals surface area contributed by atoms with Crippen LogP contribution in [0.15, 0.2) is 65.7 Å². The van der Waals surface area contributed by atoms with Gasteiger partial charge in [-0.2, -0.15) is 0 Å². The van der Waals surface area contributed by atoms with Crippen LogP contribution in [0.25, 0.3) is 11.0 Å². The van der Waals surface area contributed by atoms with Crippen molar-refractivity contribution in [2.75, 3.05) is 31.5 Å². The number of hydrogen-bond donors (Lipinski definition) is 2. The molecule has 1 amide bonds.